The van der Waals surface area contributed by atoms with Crippen LogP contribution in [0.2, 0.25) is 0 Å². The van der Waals surface area contributed by atoms with Crippen LogP contribution in [0.4, 0.5) is 0 Å². The molecule has 0 aliphatic carbocycles. The van der Waals surface area contributed by atoms with Gasteiger partial charge in [0.2, 0.25) is 0 Å². The normalized spacial score (nSPS) is 15.5. The van der Waals surface area contributed by atoms with E-state index < -0.39 is 0 Å². The summed E-state index contributed by atoms with van der Waals surface area (Å²) in [5.74, 6) is 0.341. The lowest BCUT2D eigenvalue weighted by atomic mass is 10.1. The number of likely N-dealkylation sites (tertiary alicyclic amines) is 1. The van der Waals surface area contributed by atoms with Gasteiger partial charge in [0.15, 0.2) is 6.61 Å². The Labute approximate surface area is 161 Å². The van der Waals surface area contributed by atoms with Crippen LogP contribution < -0.4 is 15.5 Å². The lowest BCUT2D eigenvalue weighted by molar-refractivity contribution is -0.124. The second-order valence-corrected chi connectivity index (χ2v) is 7.79. The van der Waals surface area contributed by atoms with E-state index in [1.807, 2.05) is 32.9 Å². The van der Waals surface area contributed by atoms with Gasteiger partial charge in [0.05, 0.1) is 12.8 Å². The van der Waals surface area contributed by atoms with Gasteiger partial charge in [-0.15, -0.1) is 0 Å². The highest BCUT2D eigenvalue weighted by Gasteiger charge is 2.14. The largest absolute Gasteiger partial charge is 0.484 e. The Kier molecular flexibility index (Phi) is 7.79. The minimum Gasteiger partial charge on any atom is -0.484 e. The molecule has 0 bridgehead atoms. The molecule has 0 unspecified atom stereocenters. The van der Waals surface area contributed by atoms with Crippen LogP contribution in [0.3, 0.4) is 0 Å². The predicted octanol–water partition coefficient (Wildman–Crippen LogP) is 1.92. The monoisotopic (exact) mass is 374 g/mol. The fraction of sp³-hybridized carbons (Fsp3) is 0.550. The van der Waals surface area contributed by atoms with Crippen molar-refractivity contribution in [2.75, 3.05) is 26.2 Å². The fourth-order valence-corrected chi connectivity index (χ4v) is 2.79. The molecule has 1 heterocycles. The van der Waals surface area contributed by atoms with Gasteiger partial charge in [0, 0.05) is 5.54 Å². The first-order valence-electron chi connectivity index (χ1n) is 9.40. The molecule has 148 valence electrons. The van der Waals surface area contributed by atoms with E-state index in [2.05, 4.69) is 20.7 Å². The Morgan fingerprint density at radius 2 is 1.78 bits per heavy atom. The van der Waals surface area contributed by atoms with E-state index in [-0.39, 0.29) is 24.0 Å². The zero-order valence-electron chi connectivity index (χ0n) is 16.5. The quantitative estimate of drug-likeness (QED) is 0.564. The molecule has 0 radical (unpaired) electrons. The molecule has 2 N–H and O–H groups in total. The molecule has 1 aliphatic heterocycles. The summed E-state index contributed by atoms with van der Waals surface area (Å²) < 4.78 is 5.46. The van der Waals surface area contributed by atoms with Crippen molar-refractivity contribution in [3.05, 3.63) is 29.8 Å². The molecular weight excluding hydrogens is 344 g/mol. The molecule has 0 atom stereocenters. The van der Waals surface area contributed by atoms with Crippen LogP contribution in [-0.2, 0) is 9.59 Å². The Morgan fingerprint density at radius 1 is 1.11 bits per heavy atom. The maximum atomic E-state index is 11.9. The number of piperidine rings is 1. The van der Waals surface area contributed by atoms with Crippen molar-refractivity contribution in [3.8, 4) is 5.75 Å². The number of ether oxygens (including phenoxy) is 1. The van der Waals surface area contributed by atoms with Gasteiger partial charge in [-0.3, -0.25) is 14.5 Å². The molecule has 1 aromatic carbocycles. The first-order valence-corrected chi connectivity index (χ1v) is 9.40. The zero-order valence-corrected chi connectivity index (χ0v) is 16.5. The highest BCUT2D eigenvalue weighted by molar-refractivity contribution is 5.83. The van der Waals surface area contributed by atoms with Crippen LogP contribution in [0.5, 0.6) is 5.75 Å². The molecule has 2 amide bonds. The molecule has 27 heavy (non-hydrogen) atoms. The van der Waals surface area contributed by atoms with Crippen molar-refractivity contribution < 1.29 is 14.3 Å². The molecule has 0 aromatic heterocycles. The second kappa shape index (κ2) is 10.1. The molecule has 0 spiro atoms. The second-order valence-electron chi connectivity index (χ2n) is 7.79. The van der Waals surface area contributed by atoms with E-state index in [1.54, 1.807) is 18.3 Å². The fourth-order valence-electron chi connectivity index (χ4n) is 2.79. The summed E-state index contributed by atoms with van der Waals surface area (Å²) in [5, 5.41) is 6.83. The number of nitrogens with one attached hydrogen (secondary N) is 2. The van der Waals surface area contributed by atoms with Gasteiger partial charge in [-0.25, -0.2) is 5.43 Å². The molecular formula is C20H30N4O3. The number of hydrogen-bond acceptors (Lipinski definition) is 5. The molecule has 7 nitrogen and oxygen atoms in total. The Bertz CT molecular complexity index is 644. The van der Waals surface area contributed by atoms with Gasteiger partial charge in [-0.1, -0.05) is 6.42 Å². The van der Waals surface area contributed by atoms with E-state index in [0.29, 0.717) is 12.3 Å². The topological polar surface area (TPSA) is 83.0 Å². The third-order valence-electron chi connectivity index (χ3n) is 3.98. The summed E-state index contributed by atoms with van der Waals surface area (Å²) in [5.41, 5.74) is 3.11. The number of carbonyl (C=O) groups is 2. The van der Waals surface area contributed by atoms with Crippen molar-refractivity contribution in [2.24, 2.45) is 5.10 Å². The number of hydrazone groups is 1. The smallest absolute Gasteiger partial charge is 0.258 e. The van der Waals surface area contributed by atoms with E-state index >= 15 is 0 Å². The van der Waals surface area contributed by atoms with Gasteiger partial charge in [0.1, 0.15) is 5.75 Å². The van der Waals surface area contributed by atoms with E-state index in [4.69, 9.17) is 4.74 Å². The first kappa shape index (κ1) is 20.9. The van der Waals surface area contributed by atoms with Crippen LogP contribution in [0.1, 0.15) is 45.6 Å². The summed E-state index contributed by atoms with van der Waals surface area (Å²) in [6, 6.07) is 7.16. The zero-order chi connectivity index (χ0) is 19.7. The van der Waals surface area contributed by atoms with Crippen molar-refractivity contribution >= 4 is 18.0 Å². The minimum absolute atomic E-state index is 0.0305. The molecule has 1 aliphatic rings. The van der Waals surface area contributed by atoms with Crippen LogP contribution in [0.25, 0.3) is 0 Å². The summed E-state index contributed by atoms with van der Waals surface area (Å²) in [4.78, 5) is 25.8. The van der Waals surface area contributed by atoms with Crippen LogP contribution >= 0.6 is 0 Å². The Balaban J connectivity index is 1.72. The Morgan fingerprint density at radius 3 is 2.41 bits per heavy atom. The van der Waals surface area contributed by atoms with Gasteiger partial charge < -0.3 is 10.1 Å². The Hall–Kier alpha value is -2.41. The lowest BCUT2D eigenvalue weighted by Gasteiger charge is -2.25. The SMILES string of the molecule is CC(C)(C)NC(=O)COc1ccc(/C=N\NC(=O)CN2CCCCC2)cc1. The van der Waals surface area contributed by atoms with Gasteiger partial charge in [-0.2, -0.15) is 5.10 Å². The number of rotatable bonds is 7. The third-order valence-corrected chi connectivity index (χ3v) is 3.98. The number of hydrogen-bond donors (Lipinski definition) is 2. The lowest BCUT2D eigenvalue weighted by Crippen LogP contribution is -2.43. The van der Waals surface area contributed by atoms with Gasteiger partial charge in [0.25, 0.3) is 11.8 Å². The van der Waals surface area contributed by atoms with E-state index in [0.717, 1.165) is 31.5 Å². The summed E-state index contributed by atoms with van der Waals surface area (Å²) in [6.45, 7) is 8.08. The van der Waals surface area contributed by atoms with Crippen molar-refractivity contribution in [1.82, 2.24) is 15.6 Å². The van der Waals surface area contributed by atoms with Crippen LogP contribution in [-0.4, -0.2) is 54.7 Å². The van der Waals surface area contributed by atoms with E-state index in [1.165, 1.54) is 6.42 Å². The number of benzene rings is 1. The average Bonchev–Trinajstić information content (AvgIpc) is 2.60. The predicted molar refractivity (Wildman–Crippen MR) is 106 cm³/mol. The average molecular weight is 374 g/mol. The van der Waals surface area contributed by atoms with Crippen molar-refractivity contribution in [2.45, 2.75) is 45.6 Å². The van der Waals surface area contributed by atoms with Gasteiger partial charge in [-0.05, 0) is 76.5 Å². The minimum atomic E-state index is -0.279. The molecule has 1 aromatic rings. The van der Waals surface area contributed by atoms with E-state index in [9.17, 15) is 9.59 Å². The van der Waals surface area contributed by atoms with Crippen LogP contribution in [0, 0.1) is 0 Å². The van der Waals surface area contributed by atoms with Crippen LogP contribution in [0.15, 0.2) is 29.4 Å². The van der Waals surface area contributed by atoms with Crippen molar-refractivity contribution in [1.29, 1.82) is 0 Å². The summed E-state index contributed by atoms with van der Waals surface area (Å²) >= 11 is 0. The molecule has 2 rings (SSSR count). The third kappa shape index (κ3) is 8.68. The van der Waals surface area contributed by atoms with Gasteiger partial charge >= 0.3 is 0 Å². The maximum absolute atomic E-state index is 11.9. The first-order chi connectivity index (χ1) is 12.8. The molecule has 1 saturated heterocycles. The van der Waals surface area contributed by atoms with Crippen molar-refractivity contribution in [3.63, 3.8) is 0 Å². The molecule has 0 saturated carbocycles. The maximum Gasteiger partial charge on any atom is 0.258 e. The number of amides is 2. The standard InChI is InChI=1S/C20H30N4O3/c1-20(2,3)22-19(26)15-27-17-9-7-16(8-10-17)13-21-23-18(25)14-24-11-5-4-6-12-24/h7-10,13H,4-6,11-12,14-15H2,1-3H3,(H,22,26)(H,23,25)/b21-13-. The summed E-state index contributed by atoms with van der Waals surface area (Å²) in [6.07, 6.45) is 5.15. The molecule has 7 heteroatoms. The number of carbonyl (C=O) groups excluding carboxylic acids is 2. The highest BCUT2D eigenvalue weighted by atomic mass is 16.5. The number of nitrogens with zero attached hydrogens (tertiary/aromatic N) is 2. The highest BCUT2D eigenvalue weighted by Crippen LogP contribution is 2.11. The summed E-state index contributed by atoms with van der Waals surface area (Å²) in [7, 11) is 0. The molecule has 1 fully saturated rings.